The summed E-state index contributed by atoms with van der Waals surface area (Å²) in [4.78, 5) is 34.9. The zero-order valence-corrected chi connectivity index (χ0v) is 13.0. The van der Waals surface area contributed by atoms with E-state index in [1.807, 2.05) is 0 Å². The van der Waals surface area contributed by atoms with Crippen molar-refractivity contribution in [2.24, 2.45) is 0 Å². The Morgan fingerprint density at radius 1 is 1.04 bits per heavy atom. The molecule has 2 aromatic carbocycles. The first kappa shape index (κ1) is 15.1. The molecule has 2 aromatic rings. The number of nitro benzene ring substituents is 1. The first-order valence-electron chi connectivity index (χ1n) is 6.46. The lowest BCUT2D eigenvalue weighted by atomic mass is 10.1. The van der Waals surface area contributed by atoms with E-state index in [9.17, 15) is 24.8 Å². The molecular weight excluding hydrogens is 366 g/mol. The molecule has 0 radical (unpaired) electrons. The summed E-state index contributed by atoms with van der Waals surface area (Å²) < 4.78 is 0.429. The van der Waals surface area contributed by atoms with Crippen molar-refractivity contribution in [2.45, 2.75) is 0 Å². The fourth-order valence-corrected chi connectivity index (χ4v) is 2.73. The Kier molecular flexibility index (Phi) is 3.57. The number of halogens is 1. The molecule has 23 heavy (non-hydrogen) atoms. The van der Waals surface area contributed by atoms with Crippen molar-refractivity contribution >= 4 is 39.3 Å². The molecule has 0 unspecified atom stereocenters. The molecular formula is C16H8BrNO5. The van der Waals surface area contributed by atoms with E-state index in [0.29, 0.717) is 10.0 Å². The maximum absolute atomic E-state index is 12.4. The van der Waals surface area contributed by atoms with Crippen LogP contribution >= 0.6 is 15.9 Å². The Balaban J connectivity index is 2.07. The molecule has 0 aromatic heterocycles. The summed E-state index contributed by atoms with van der Waals surface area (Å²) in [5, 5.41) is 20.3. The van der Waals surface area contributed by atoms with Gasteiger partial charge in [0.15, 0.2) is 11.6 Å². The molecule has 1 aliphatic carbocycles. The number of ketones is 2. The van der Waals surface area contributed by atoms with Crippen LogP contribution in [0.15, 0.2) is 46.4 Å². The molecule has 0 saturated carbocycles. The summed E-state index contributed by atoms with van der Waals surface area (Å²) >= 11 is 3.16. The minimum Gasteiger partial charge on any atom is -0.507 e. The van der Waals surface area contributed by atoms with Gasteiger partial charge in [-0.2, -0.15) is 0 Å². The van der Waals surface area contributed by atoms with Crippen LogP contribution in [0.25, 0.3) is 6.08 Å². The number of phenolic OH excluding ortho intramolecular Hbond substituents is 1. The zero-order valence-electron chi connectivity index (χ0n) is 11.4. The quantitative estimate of drug-likeness (QED) is 0.375. The summed E-state index contributed by atoms with van der Waals surface area (Å²) in [5.74, 6) is -0.975. The van der Waals surface area contributed by atoms with Crippen molar-refractivity contribution in [3.63, 3.8) is 0 Å². The van der Waals surface area contributed by atoms with Crippen LogP contribution in [0.5, 0.6) is 5.75 Å². The number of benzene rings is 2. The molecule has 114 valence electrons. The van der Waals surface area contributed by atoms with E-state index >= 15 is 0 Å². The van der Waals surface area contributed by atoms with Crippen LogP contribution in [-0.2, 0) is 0 Å². The molecule has 0 bridgehead atoms. The topological polar surface area (TPSA) is 97.5 Å². The Hall–Kier alpha value is -2.80. The Morgan fingerprint density at radius 2 is 1.74 bits per heavy atom. The van der Waals surface area contributed by atoms with Gasteiger partial charge in [0, 0.05) is 23.3 Å². The molecule has 3 rings (SSSR count). The van der Waals surface area contributed by atoms with E-state index in [1.165, 1.54) is 24.3 Å². The molecule has 0 saturated heterocycles. The Bertz CT molecular complexity index is 917. The van der Waals surface area contributed by atoms with Crippen LogP contribution in [0.1, 0.15) is 26.3 Å². The highest BCUT2D eigenvalue weighted by Crippen LogP contribution is 2.32. The molecule has 0 aliphatic heterocycles. The average Bonchev–Trinajstić information content (AvgIpc) is 2.75. The van der Waals surface area contributed by atoms with E-state index < -0.39 is 16.5 Å². The lowest BCUT2D eigenvalue weighted by molar-refractivity contribution is -0.384. The maximum atomic E-state index is 12.4. The molecule has 0 heterocycles. The zero-order chi connectivity index (χ0) is 16.7. The molecule has 0 spiro atoms. The number of carbonyl (C=O) groups excluding carboxylic acids is 2. The first-order valence-corrected chi connectivity index (χ1v) is 7.26. The number of phenols is 1. The lowest BCUT2D eigenvalue weighted by Crippen LogP contribution is -2.00. The highest BCUT2D eigenvalue weighted by Gasteiger charge is 2.34. The second-order valence-electron chi connectivity index (χ2n) is 4.91. The predicted molar refractivity (Wildman–Crippen MR) is 85.5 cm³/mol. The molecule has 7 heteroatoms. The third kappa shape index (κ3) is 2.55. The summed E-state index contributed by atoms with van der Waals surface area (Å²) in [7, 11) is 0. The molecule has 0 fully saturated rings. The summed E-state index contributed by atoms with van der Waals surface area (Å²) in [6, 6.07) is 8.15. The summed E-state index contributed by atoms with van der Waals surface area (Å²) in [6.07, 6.45) is 1.40. The normalized spacial score (nSPS) is 15.1. The number of aromatic hydroxyl groups is 1. The van der Waals surface area contributed by atoms with Gasteiger partial charge in [-0.05, 0) is 45.8 Å². The van der Waals surface area contributed by atoms with Crippen molar-refractivity contribution in [1.82, 2.24) is 0 Å². The van der Waals surface area contributed by atoms with Crippen LogP contribution in [0.4, 0.5) is 5.69 Å². The first-order chi connectivity index (χ1) is 10.9. The van der Waals surface area contributed by atoms with Crippen LogP contribution in [0.2, 0.25) is 0 Å². The third-order valence-corrected chi connectivity index (χ3v) is 4.11. The molecule has 0 amide bonds. The van der Waals surface area contributed by atoms with Crippen molar-refractivity contribution in [3.05, 3.63) is 73.2 Å². The molecule has 1 N–H and O–H groups in total. The SMILES string of the molecule is O=C1C(=Cc2ccc(O)c(Br)c2)C(=O)c2cc([N+](=O)[O-])ccc21. The van der Waals surface area contributed by atoms with E-state index in [4.69, 9.17) is 0 Å². The second kappa shape index (κ2) is 5.44. The van der Waals surface area contributed by atoms with Crippen LogP contribution in [0.3, 0.4) is 0 Å². The van der Waals surface area contributed by atoms with E-state index in [-0.39, 0.29) is 28.1 Å². The minimum atomic E-state index is -0.614. The van der Waals surface area contributed by atoms with Gasteiger partial charge >= 0.3 is 0 Å². The van der Waals surface area contributed by atoms with Crippen LogP contribution in [0, 0.1) is 10.1 Å². The largest absolute Gasteiger partial charge is 0.507 e. The number of allylic oxidation sites excluding steroid dienone is 1. The number of Topliss-reactive ketones (excluding diaryl/α,β-unsaturated/α-hetero) is 2. The number of non-ortho nitro benzene ring substituents is 1. The summed E-state index contributed by atoms with van der Waals surface area (Å²) in [6.45, 7) is 0. The monoisotopic (exact) mass is 373 g/mol. The standard InChI is InChI=1S/C16H8BrNO5/c17-13-6-8(1-4-14(13)19)5-12-15(20)10-3-2-9(18(22)23)7-11(10)16(12)21/h1-7,19H. The van der Waals surface area contributed by atoms with Gasteiger partial charge in [0.05, 0.1) is 15.0 Å². The van der Waals surface area contributed by atoms with Gasteiger partial charge in [-0.1, -0.05) is 6.07 Å². The highest BCUT2D eigenvalue weighted by atomic mass is 79.9. The van der Waals surface area contributed by atoms with E-state index in [2.05, 4.69) is 15.9 Å². The number of fused-ring (bicyclic) bond motifs is 1. The second-order valence-corrected chi connectivity index (χ2v) is 5.77. The van der Waals surface area contributed by atoms with Gasteiger partial charge in [0.25, 0.3) is 5.69 Å². The van der Waals surface area contributed by atoms with E-state index in [0.717, 1.165) is 6.07 Å². The fourth-order valence-electron chi connectivity index (χ4n) is 2.34. The van der Waals surface area contributed by atoms with Gasteiger partial charge < -0.3 is 5.11 Å². The van der Waals surface area contributed by atoms with Crippen molar-refractivity contribution in [3.8, 4) is 5.75 Å². The molecule has 1 aliphatic rings. The Labute approximate surface area is 138 Å². The van der Waals surface area contributed by atoms with Gasteiger partial charge in [-0.3, -0.25) is 19.7 Å². The number of carbonyl (C=O) groups is 2. The van der Waals surface area contributed by atoms with Gasteiger partial charge in [0.1, 0.15) is 5.75 Å². The van der Waals surface area contributed by atoms with Crippen LogP contribution in [-0.4, -0.2) is 21.6 Å². The van der Waals surface area contributed by atoms with Crippen molar-refractivity contribution < 1.29 is 19.6 Å². The number of hydrogen-bond acceptors (Lipinski definition) is 5. The number of nitrogens with zero attached hydrogens (tertiary/aromatic N) is 1. The van der Waals surface area contributed by atoms with Crippen LogP contribution < -0.4 is 0 Å². The Morgan fingerprint density at radius 3 is 2.39 bits per heavy atom. The number of nitro groups is 1. The van der Waals surface area contributed by atoms with Gasteiger partial charge in [-0.15, -0.1) is 0 Å². The van der Waals surface area contributed by atoms with E-state index in [1.54, 1.807) is 12.1 Å². The highest BCUT2D eigenvalue weighted by molar-refractivity contribution is 9.10. The lowest BCUT2D eigenvalue weighted by Gasteiger charge is -1.99. The van der Waals surface area contributed by atoms with Gasteiger partial charge in [-0.25, -0.2) is 0 Å². The average molecular weight is 374 g/mol. The van der Waals surface area contributed by atoms with Crippen molar-refractivity contribution in [1.29, 1.82) is 0 Å². The fraction of sp³-hybridized carbons (Fsp3) is 0. The van der Waals surface area contributed by atoms with Crippen molar-refractivity contribution in [2.75, 3.05) is 0 Å². The predicted octanol–water partition coefficient (Wildman–Crippen LogP) is 3.53. The van der Waals surface area contributed by atoms with Gasteiger partial charge in [0.2, 0.25) is 0 Å². The number of rotatable bonds is 2. The number of hydrogen-bond donors (Lipinski definition) is 1. The maximum Gasteiger partial charge on any atom is 0.270 e. The molecule has 0 atom stereocenters. The smallest absolute Gasteiger partial charge is 0.270 e. The third-order valence-electron chi connectivity index (χ3n) is 3.48. The minimum absolute atomic E-state index is 0.0355. The molecule has 6 nitrogen and oxygen atoms in total. The summed E-state index contributed by atoms with van der Waals surface area (Å²) in [5.41, 5.74) is 0.447.